The highest BCUT2D eigenvalue weighted by molar-refractivity contribution is 5.27. The largest absolute Gasteiger partial charge is 0.492 e. The summed E-state index contributed by atoms with van der Waals surface area (Å²) in [6.07, 6.45) is -3.11. The van der Waals surface area contributed by atoms with Crippen molar-refractivity contribution in [3.8, 4) is 5.75 Å². The number of nitrogens with zero attached hydrogens (tertiary/aromatic N) is 2. The second-order valence-electron chi connectivity index (χ2n) is 4.48. The summed E-state index contributed by atoms with van der Waals surface area (Å²) >= 11 is 0. The van der Waals surface area contributed by atoms with Gasteiger partial charge in [0.2, 0.25) is 0 Å². The summed E-state index contributed by atoms with van der Waals surface area (Å²) in [5.41, 5.74) is 0.241. The summed E-state index contributed by atoms with van der Waals surface area (Å²) in [5, 5.41) is 6.49. The van der Waals surface area contributed by atoms with Crippen molar-refractivity contribution in [1.29, 1.82) is 0 Å². The monoisotopic (exact) mass is 299 g/mol. The van der Waals surface area contributed by atoms with Crippen molar-refractivity contribution in [1.82, 2.24) is 15.1 Å². The lowest BCUT2D eigenvalue weighted by atomic mass is 10.2. The van der Waals surface area contributed by atoms with Crippen molar-refractivity contribution in [3.63, 3.8) is 0 Å². The van der Waals surface area contributed by atoms with Crippen LogP contribution >= 0.6 is 0 Å². The normalized spacial score (nSPS) is 11.6. The maximum absolute atomic E-state index is 12.4. The van der Waals surface area contributed by atoms with E-state index in [0.717, 1.165) is 18.2 Å². The van der Waals surface area contributed by atoms with Crippen LogP contribution in [-0.2, 0) is 19.3 Å². The Bertz CT molecular complexity index is 564. The molecule has 1 aromatic heterocycles. The van der Waals surface area contributed by atoms with Crippen LogP contribution in [0.3, 0.4) is 0 Å². The van der Waals surface area contributed by atoms with Gasteiger partial charge in [-0.1, -0.05) is 12.1 Å². The SMILES string of the molecule is CNCc1ccc(OCCn2ccc(C(F)(F)F)n2)cc1. The molecule has 1 aromatic carbocycles. The number of nitrogens with one attached hydrogen (secondary N) is 1. The highest BCUT2D eigenvalue weighted by Gasteiger charge is 2.33. The predicted octanol–water partition coefficient (Wildman–Crippen LogP) is 2.70. The van der Waals surface area contributed by atoms with Gasteiger partial charge < -0.3 is 10.1 Å². The summed E-state index contributed by atoms with van der Waals surface area (Å²) in [4.78, 5) is 0. The smallest absolute Gasteiger partial charge is 0.435 e. The van der Waals surface area contributed by atoms with Crippen LogP contribution < -0.4 is 10.1 Å². The fourth-order valence-electron chi connectivity index (χ4n) is 1.80. The van der Waals surface area contributed by atoms with Gasteiger partial charge in [-0.05, 0) is 30.8 Å². The molecule has 4 nitrogen and oxygen atoms in total. The van der Waals surface area contributed by atoms with Crippen molar-refractivity contribution < 1.29 is 17.9 Å². The van der Waals surface area contributed by atoms with E-state index in [9.17, 15) is 13.2 Å². The lowest BCUT2D eigenvalue weighted by Gasteiger charge is -2.07. The minimum absolute atomic E-state index is 0.254. The molecule has 0 saturated carbocycles. The molecule has 0 radical (unpaired) electrons. The zero-order valence-electron chi connectivity index (χ0n) is 11.5. The first-order valence-electron chi connectivity index (χ1n) is 6.46. The maximum Gasteiger partial charge on any atom is 0.435 e. The summed E-state index contributed by atoms with van der Waals surface area (Å²) in [6, 6.07) is 8.48. The number of ether oxygens (including phenoxy) is 1. The third-order valence-electron chi connectivity index (χ3n) is 2.82. The van der Waals surface area contributed by atoms with E-state index in [1.54, 1.807) is 0 Å². The maximum atomic E-state index is 12.4. The van der Waals surface area contributed by atoms with Crippen LogP contribution in [0.15, 0.2) is 36.5 Å². The van der Waals surface area contributed by atoms with Crippen LogP contribution in [0.5, 0.6) is 5.75 Å². The zero-order valence-corrected chi connectivity index (χ0v) is 11.5. The van der Waals surface area contributed by atoms with Gasteiger partial charge in [0.05, 0.1) is 6.54 Å². The Morgan fingerprint density at radius 1 is 1.19 bits per heavy atom. The minimum atomic E-state index is -4.41. The molecule has 0 aliphatic carbocycles. The van der Waals surface area contributed by atoms with Gasteiger partial charge in [-0.3, -0.25) is 4.68 Å². The Balaban J connectivity index is 1.82. The van der Waals surface area contributed by atoms with Crippen LogP contribution in [0.25, 0.3) is 0 Å². The second-order valence-corrected chi connectivity index (χ2v) is 4.48. The summed E-state index contributed by atoms with van der Waals surface area (Å²) in [6.45, 7) is 1.28. The van der Waals surface area contributed by atoms with Gasteiger partial charge in [0.1, 0.15) is 12.4 Å². The van der Waals surface area contributed by atoms with Crippen molar-refractivity contribution in [2.24, 2.45) is 0 Å². The molecule has 0 aliphatic heterocycles. The number of benzene rings is 1. The number of hydrogen-bond donors (Lipinski definition) is 1. The molecule has 0 fully saturated rings. The Labute approximate surface area is 120 Å². The molecule has 2 rings (SSSR count). The molecule has 1 N–H and O–H groups in total. The molecule has 0 saturated heterocycles. The first kappa shape index (κ1) is 15.4. The number of halogens is 3. The summed E-state index contributed by atoms with van der Waals surface area (Å²) < 4.78 is 43.8. The van der Waals surface area contributed by atoms with Crippen molar-refractivity contribution in [3.05, 3.63) is 47.8 Å². The summed E-state index contributed by atoms with van der Waals surface area (Å²) in [5.74, 6) is 0.679. The second kappa shape index (κ2) is 6.62. The van der Waals surface area contributed by atoms with E-state index in [-0.39, 0.29) is 13.2 Å². The van der Waals surface area contributed by atoms with E-state index >= 15 is 0 Å². The van der Waals surface area contributed by atoms with Crippen LogP contribution in [0, 0.1) is 0 Å². The molecular formula is C14H16F3N3O. The molecule has 114 valence electrons. The van der Waals surface area contributed by atoms with Crippen molar-refractivity contribution in [2.75, 3.05) is 13.7 Å². The van der Waals surface area contributed by atoms with Crippen LogP contribution in [0.1, 0.15) is 11.3 Å². The molecule has 0 spiro atoms. The van der Waals surface area contributed by atoms with E-state index in [0.29, 0.717) is 5.75 Å². The van der Waals surface area contributed by atoms with E-state index in [4.69, 9.17) is 4.74 Å². The molecule has 1 heterocycles. The minimum Gasteiger partial charge on any atom is -0.492 e. The van der Waals surface area contributed by atoms with Crippen molar-refractivity contribution in [2.45, 2.75) is 19.3 Å². The quantitative estimate of drug-likeness (QED) is 0.891. The lowest BCUT2D eigenvalue weighted by molar-refractivity contribution is -0.141. The Kier molecular flexibility index (Phi) is 4.85. The van der Waals surface area contributed by atoms with Gasteiger partial charge in [0.25, 0.3) is 0 Å². The van der Waals surface area contributed by atoms with E-state index < -0.39 is 11.9 Å². The molecule has 0 amide bonds. The fourth-order valence-corrected chi connectivity index (χ4v) is 1.80. The van der Waals surface area contributed by atoms with Gasteiger partial charge in [0, 0.05) is 12.7 Å². The zero-order chi connectivity index (χ0) is 15.3. The predicted molar refractivity (Wildman–Crippen MR) is 71.9 cm³/mol. The van der Waals surface area contributed by atoms with Gasteiger partial charge in [-0.25, -0.2) is 0 Å². The molecule has 0 aliphatic rings. The standard InChI is InChI=1S/C14H16F3N3O/c1-18-10-11-2-4-12(5-3-11)21-9-8-20-7-6-13(19-20)14(15,16)17/h2-7,18H,8-10H2,1H3. The van der Waals surface area contributed by atoms with Crippen LogP contribution in [0.4, 0.5) is 13.2 Å². The molecule has 0 bridgehead atoms. The van der Waals surface area contributed by atoms with E-state index in [1.165, 1.54) is 10.9 Å². The molecule has 2 aromatic rings. The first-order chi connectivity index (χ1) is 9.99. The Hall–Kier alpha value is -2.02. The Morgan fingerprint density at radius 3 is 2.48 bits per heavy atom. The van der Waals surface area contributed by atoms with E-state index in [1.807, 2.05) is 31.3 Å². The topological polar surface area (TPSA) is 39.1 Å². The molecule has 7 heteroatoms. The number of rotatable bonds is 6. The Morgan fingerprint density at radius 2 is 1.90 bits per heavy atom. The highest BCUT2D eigenvalue weighted by Crippen LogP contribution is 2.27. The molecule has 0 unspecified atom stereocenters. The number of alkyl halides is 3. The van der Waals surface area contributed by atoms with Crippen molar-refractivity contribution >= 4 is 0 Å². The van der Waals surface area contributed by atoms with Gasteiger partial charge in [-0.2, -0.15) is 18.3 Å². The number of hydrogen-bond acceptors (Lipinski definition) is 3. The molecular weight excluding hydrogens is 283 g/mol. The van der Waals surface area contributed by atoms with Gasteiger partial charge in [-0.15, -0.1) is 0 Å². The third-order valence-corrected chi connectivity index (χ3v) is 2.82. The van der Waals surface area contributed by atoms with Gasteiger partial charge in [0.15, 0.2) is 5.69 Å². The van der Waals surface area contributed by atoms with Gasteiger partial charge >= 0.3 is 6.18 Å². The lowest BCUT2D eigenvalue weighted by Crippen LogP contribution is -2.11. The molecule has 0 atom stereocenters. The average Bonchev–Trinajstić information content (AvgIpc) is 2.90. The van der Waals surface area contributed by atoms with E-state index in [2.05, 4.69) is 10.4 Å². The van der Waals surface area contributed by atoms with Crippen LogP contribution in [-0.4, -0.2) is 23.4 Å². The summed E-state index contributed by atoms with van der Waals surface area (Å²) in [7, 11) is 1.86. The number of aromatic nitrogens is 2. The highest BCUT2D eigenvalue weighted by atomic mass is 19.4. The third kappa shape index (κ3) is 4.49. The average molecular weight is 299 g/mol. The first-order valence-corrected chi connectivity index (χ1v) is 6.46. The van der Waals surface area contributed by atoms with Crippen LogP contribution in [0.2, 0.25) is 0 Å². The molecule has 21 heavy (non-hydrogen) atoms. The fraction of sp³-hybridized carbons (Fsp3) is 0.357.